The smallest absolute Gasteiger partial charge is 0.133 e. The summed E-state index contributed by atoms with van der Waals surface area (Å²) in [6, 6.07) is 0. The number of rotatable bonds is 22. The predicted octanol–water partition coefficient (Wildman–Crippen LogP) is 9.25. The van der Waals surface area contributed by atoms with Crippen LogP contribution in [0.4, 0.5) is 0 Å². The van der Waals surface area contributed by atoms with Crippen molar-refractivity contribution in [1.29, 1.82) is 0 Å². The Hall–Kier alpha value is 0.0200. The van der Waals surface area contributed by atoms with Crippen molar-refractivity contribution in [3.63, 3.8) is 0 Å². The molecule has 0 aromatic carbocycles. The van der Waals surface area contributed by atoms with Gasteiger partial charge in [0.2, 0.25) is 0 Å². The third kappa shape index (κ3) is 16.9. The van der Waals surface area contributed by atoms with Crippen molar-refractivity contribution in [2.75, 3.05) is 0 Å². The third-order valence-corrected chi connectivity index (χ3v) is 6.52. The molecule has 0 saturated heterocycles. The predicted molar refractivity (Wildman–Crippen MR) is 123 cm³/mol. The van der Waals surface area contributed by atoms with E-state index in [0.29, 0.717) is 0 Å². The van der Waals surface area contributed by atoms with E-state index in [1.165, 1.54) is 89.9 Å². The van der Waals surface area contributed by atoms with Gasteiger partial charge in [0.05, 0.1) is 0 Å². The molecule has 1 unspecified atom stereocenters. The summed E-state index contributed by atoms with van der Waals surface area (Å²) in [4.78, 5) is 9.56. The van der Waals surface area contributed by atoms with E-state index in [4.69, 9.17) is 4.52 Å². The van der Waals surface area contributed by atoms with Crippen molar-refractivity contribution in [3.05, 3.63) is 0 Å². The fraction of sp³-hybridized carbons (Fsp3) is 1.00. The molecule has 0 radical (unpaired) electrons. The molecule has 0 amide bonds. The minimum atomic E-state index is -2.53. The first-order valence-corrected chi connectivity index (χ1v) is 13.6. The fourth-order valence-corrected chi connectivity index (χ4v) is 4.79. The van der Waals surface area contributed by atoms with Crippen LogP contribution in [0, 0.1) is 0 Å². The Morgan fingerprint density at radius 3 is 1.14 bits per heavy atom. The monoisotopic (exact) mass is 417 g/mol. The van der Waals surface area contributed by atoms with Crippen molar-refractivity contribution in [2.24, 2.45) is 0 Å². The van der Waals surface area contributed by atoms with E-state index >= 15 is 0 Å². The molecule has 3 nitrogen and oxygen atoms in total. The summed E-state index contributed by atoms with van der Waals surface area (Å²) >= 11 is 0. The summed E-state index contributed by atoms with van der Waals surface area (Å²) in [5, 5.41) is 0. The van der Waals surface area contributed by atoms with Crippen molar-refractivity contribution < 1.29 is 14.0 Å². The molecule has 0 aliphatic heterocycles. The lowest BCUT2D eigenvalue weighted by Crippen LogP contribution is -2.30. The van der Waals surface area contributed by atoms with Gasteiger partial charge in [0, 0.05) is 4.57 Å². The Balaban J connectivity index is 4.59. The maximum Gasteiger partial charge on any atom is 0.695 e. The highest BCUT2D eigenvalue weighted by molar-refractivity contribution is 7.32. The van der Waals surface area contributed by atoms with Gasteiger partial charge in [0.15, 0.2) is 0 Å². The molecule has 28 heavy (non-hydrogen) atoms. The molecule has 0 aromatic heterocycles. The molecule has 1 atom stereocenters. The zero-order valence-electron chi connectivity index (χ0n) is 19.4. The Labute approximate surface area is 177 Å². The molecule has 168 valence electrons. The van der Waals surface area contributed by atoms with Crippen LogP contribution in [0.15, 0.2) is 0 Å². The number of hydrogen-bond donors (Lipinski definition) is 1. The molecule has 1 N–H and O–H groups in total. The zero-order chi connectivity index (χ0) is 20.9. The van der Waals surface area contributed by atoms with E-state index in [9.17, 15) is 9.46 Å². The van der Waals surface area contributed by atoms with Gasteiger partial charge in [-0.25, -0.2) is 0 Å². The van der Waals surface area contributed by atoms with Crippen molar-refractivity contribution in [3.8, 4) is 0 Å². The summed E-state index contributed by atoms with van der Waals surface area (Å²) in [7, 11) is -2.53. The standard InChI is InChI=1S/C24H49O3P/c1-4-7-10-13-16-19-22-24(27-28(25)26,21-18-15-12-9-6-3)23-20-17-14-11-8-5-2/h4-23H2,1-3H3/p+1. The highest BCUT2D eigenvalue weighted by Gasteiger charge is 2.38. The molecule has 4 heteroatoms. The van der Waals surface area contributed by atoms with Crippen LogP contribution >= 0.6 is 8.25 Å². The summed E-state index contributed by atoms with van der Waals surface area (Å²) in [5.74, 6) is 0. The largest absolute Gasteiger partial charge is 0.695 e. The van der Waals surface area contributed by atoms with E-state index in [-0.39, 0.29) is 5.60 Å². The lowest BCUT2D eigenvalue weighted by Gasteiger charge is -2.28. The molecule has 0 aliphatic carbocycles. The summed E-state index contributed by atoms with van der Waals surface area (Å²) < 4.78 is 17.4. The van der Waals surface area contributed by atoms with Gasteiger partial charge in [0.25, 0.3) is 0 Å². The number of hydrogen-bond acceptors (Lipinski definition) is 2. The van der Waals surface area contributed by atoms with Gasteiger partial charge in [-0.15, -0.1) is 9.42 Å². The van der Waals surface area contributed by atoms with Gasteiger partial charge < -0.3 is 0 Å². The van der Waals surface area contributed by atoms with E-state index in [1.807, 2.05) is 0 Å². The Kier molecular flexibility index (Phi) is 20.3. The normalized spacial score (nSPS) is 12.5. The zero-order valence-corrected chi connectivity index (χ0v) is 20.2. The maximum absolute atomic E-state index is 11.6. The van der Waals surface area contributed by atoms with Crippen molar-refractivity contribution >= 4 is 8.25 Å². The van der Waals surface area contributed by atoms with Crippen LogP contribution in [0.25, 0.3) is 0 Å². The second kappa shape index (κ2) is 20.3. The fourth-order valence-electron chi connectivity index (χ4n) is 4.18. The molecular formula is C24H50O3P+. The molecule has 0 fully saturated rings. The quantitative estimate of drug-likeness (QED) is 0.141. The highest BCUT2D eigenvalue weighted by atomic mass is 31.1. The SMILES string of the molecule is CCCCCCCCC(CCCCCCC)(CCCCCCCC)O[P+](=O)O. The van der Waals surface area contributed by atoms with Crippen LogP contribution in [0.3, 0.4) is 0 Å². The van der Waals surface area contributed by atoms with Gasteiger partial charge in [-0.1, -0.05) is 130 Å². The van der Waals surface area contributed by atoms with E-state index < -0.39 is 8.25 Å². The van der Waals surface area contributed by atoms with Crippen LogP contribution in [0.1, 0.15) is 149 Å². The first-order valence-electron chi connectivity index (χ1n) is 12.5. The molecule has 0 bridgehead atoms. The Bertz CT molecular complexity index is 331. The second-order valence-electron chi connectivity index (χ2n) is 8.71. The van der Waals surface area contributed by atoms with E-state index in [0.717, 1.165) is 38.5 Å². The maximum atomic E-state index is 11.6. The first kappa shape index (κ1) is 28.0. The van der Waals surface area contributed by atoms with Gasteiger partial charge >= 0.3 is 8.25 Å². The third-order valence-electron chi connectivity index (χ3n) is 5.98. The molecule has 0 saturated carbocycles. The van der Waals surface area contributed by atoms with Crippen LogP contribution in [-0.4, -0.2) is 10.5 Å². The molecule has 0 rings (SSSR count). The minimum Gasteiger partial charge on any atom is -0.133 e. The van der Waals surface area contributed by atoms with Crippen molar-refractivity contribution in [1.82, 2.24) is 0 Å². The van der Waals surface area contributed by atoms with Crippen LogP contribution in [-0.2, 0) is 9.09 Å². The van der Waals surface area contributed by atoms with Gasteiger partial charge in [-0.3, -0.25) is 0 Å². The van der Waals surface area contributed by atoms with Crippen molar-refractivity contribution in [2.45, 2.75) is 155 Å². The minimum absolute atomic E-state index is 0.371. The molecule has 0 spiro atoms. The summed E-state index contributed by atoms with van der Waals surface area (Å²) in [6.45, 7) is 6.73. The topological polar surface area (TPSA) is 46.5 Å². The molecule has 0 heterocycles. The van der Waals surface area contributed by atoms with E-state index in [2.05, 4.69) is 20.8 Å². The second-order valence-corrected chi connectivity index (χ2v) is 9.37. The average Bonchev–Trinajstić information content (AvgIpc) is 2.66. The van der Waals surface area contributed by atoms with E-state index in [1.54, 1.807) is 0 Å². The molecule has 0 aromatic rings. The molecular weight excluding hydrogens is 367 g/mol. The Morgan fingerprint density at radius 2 is 0.857 bits per heavy atom. The van der Waals surface area contributed by atoms with Crippen LogP contribution in [0.2, 0.25) is 0 Å². The first-order chi connectivity index (χ1) is 13.6. The lowest BCUT2D eigenvalue weighted by atomic mass is 9.85. The molecule has 0 aliphatic rings. The Morgan fingerprint density at radius 1 is 0.571 bits per heavy atom. The van der Waals surface area contributed by atoms with Crippen LogP contribution < -0.4 is 0 Å². The summed E-state index contributed by atoms with van der Waals surface area (Å²) in [5.41, 5.74) is -0.371. The van der Waals surface area contributed by atoms with Crippen LogP contribution in [0.5, 0.6) is 0 Å². The van der Waals surface area contributed by atoms with Gasteiger partial charge in [0.1, 0.15) is 5.60 Å². The highest BCUT2D eigenvalue weighted by Crippen LogP contribution is 2.39. The summed E-state index contributed by atoms with van der Waals surface area (Å²) in [6.07, 6.45) is 24.0. The lowest BCUT2D eigenvalue weighted by molar-refractivity contribution is 0.0306. The average molecular weight is 418 g/mol. The van der Waals surface area contributed by atoms with Gasteiger partial charge in [-0.05, 0) is 19.3 Å². The van der Waals surface area contributed by atoms with Gasteiger partial charge in [-0.2, -0.15) is 0 Å². The number of unbranched alkanes of at least 4 members (excludes halogenated alkanes) is 14.